The van der Waals surface area contributed by atoms with E-state index in [-0.39, 0.29) is 0 Å². The first-order valence-electron chi connectivity index (χ1n) is 6.86. The zero-order valence-corrected chi connectivity index (χ0v) is 12.5. The smallest absolute Gasteiger partial charge is 0.0507 e. The Morgan fingerprint density at radius 1 is 1.37 bits per heavy atom. The van der Waals surface area contributed by atoms with Gasteiger partial charge in [-0.25, -0.2) is 0 Å². The summed E-state index contributed by atoms with van der Waals surface area (Å²) >= 11 is 3.51. The fraction of sp³-hybridized carbons (Fsp3) is 0.467. The molecule has 0 amide bonds. The molecule has 1 aliphatic heterocycles. The van der Waals surface area contributed by atoms with Crippen molar-refractivity contribution in [2.45, 2.75) is 13.0 Å². The van der Waals surface area contributed by atoms with Gasteiger partial charge in [-0.2, -0.15) is 0 Å². The largest absolute Gasteiger partial charge is 0.381 e. The van der Waals surface area contributed by atoms with Crippen molar-refractivity contribution in [3.63, 3.8) is 0 Å². The van der Waals surface area contributed by atoms with Gasteiger partial charge in [-0.15, -0.1) is 0 Å². The molecule has 0 spiro atoms. The number of aromatic nitrogens is 1. The van der Waals surface area contributed by atoms with E-state index in [1.165, 1.54) is 17.3 Å². The number of nitrogens with one attached hydrogen (secondary N) is 1. The van der Waals surface area contributed by atoms with Crippen molar-refractivity contribution in [2.75, 3.05) is 26.3 Å². The molecule has 0 saturated carbocycles. The summed E-state index contributed by atoms with van der Waals surface area (Å²) in [6.45, 7) is 4.96. The first-order chi connectivity index (χ1) is 9.33. The number of ether oxygens (including phenoxy) is 1. The Morgan fingerprint density at radius 3 is 3.16 bits per heavy atom. The van der Waals surface area contributed by atoms with Crippen LogP contribution in [0.4, 0.5) is 0 Å². The molecule has 0 aliphatic carbocycles. The lowest BCUT2D eigenvalue weighted by Crippen LogP contribution is -2.26. The summed E-state index contributed by atoms with van der Waals surface area (Å²) in [5.74, 6) is 0.706. The predicted octanol–water partition coefficient (Wildman–Crippen LogP) is 3.03. The van der Waals surface area contributed by atoms with Crippen molar-refractivity contribution in [3.05, 3.63) is 34.9 Å². The van der Waals surface area contributed by atoms with E-state index in [9.17, 15) is 0 Å². The number of hydrogen-bond acceptors (Lipinski definition) is 2. The number of nitrogens with zero attached hydrogens (tertiary/aromatic N) is 1. The third-order valence-electron chi connectivity index (χ3n) is 3.72. The van der Waals surface area contributed by atoms with Crippen LogP contribution in [-0.4, -0.2) is 30.9 Å². The summed E-state index contributed by atoms with van der Waals surface area (Å²) in [7, 11) is 0. The van der Waals surface area contributed by atoms with E-state index in [1.54, 1.807) is 0 Å². The molecule has 1 aromatic heterocycles. The Labute approximate surface area is 122 Å². The van der Waals surface area contributed by atoms with Gasteiger partial charge in [0.1, 0.15) is 0 Å². The zero-order chi connectivity index (χ0) is 13.1. The second-order valence-corrected chi connectivity index (χ2v) is 6.06. The van der Waals surface area contributed by atoms with Gasteiger partial charge in [0.15, 0.2) is 0 Å². The zero-order valence-electron chi connectivity index (χ0n) is 10.9. The van der Waals surface area contributed by atoms with E-state index < -0.39 is 0 Å². The lowest BCUT2D eigenvalue weighted by Gasteiger charge is -2.10. The summed E-state index contributed by atoms with van der Waals surface area (Å²) in [5.41, 5.74) is 1.30. The molecule has 1 fully saturated rings. The third kappa shape index (κ3) is 3.19. The van der Waals surface area contributed by atoms with Gasteiger partial charge in [0.25, 0.3) is 0 Å². The lowest BCUT2D eigenvalue weighted by atomic mass is 10.1. The number of fused-ring (bicyclic) bond motifs is 1. The van der Waals surface area contributed by atoms with E-state index >= 15 is 0 Å². The van der Waals surface area contributed by atoms with Crippen LogP contribution in [0.3, 0.4) is 0 Å². The molecule has 4 heteroatoms. The SMILES string of the molecule is Brc1ccc2c(ccn2CCNCC2CCOC2)c1. The molecule has 3 nitrogen and oxygen atoms in total. The molecule has 1 aromatic carbocycles. The van der Waals surface area contributed by atoms with Crippen molar-refractivity contribution < 1.29 is 4.74 Å². The summed E-state index contributed by atoms with van der Waals surface area (Å²) in [6, 6.07) is 8.60. The average molecular weight is 323 g/mol. The number of hydrogen-bond donors (Lipinski definition) is 1. The Hall–Kier alpha value is -0.840. The highest BCUT2D eigenvalue weighted by atomic mass is 79.9. The minimum absolute atomic E-state index is 0.706. The quantitative estimate of drug-likeness (QED) is 0.856. The molecule has 1 atom stereocenters. The maximum absolute atomic E-state index is 5.38. The minimum atomic E-state index is 0.706. The molecule has 1 unspecified atom stereocenters. The molecular formula is C15H19BrN2O. The highest BCUT2D eigenvalue weighted by molar-refractivity contribution is 9.10. The molecular weight excluding hydrogens is 304 g/mol. The van der Waals surface area contributed by atoms with E-state index in [1.807, 2.05) is 0 Å². The van der Waals surface area contributed by atoms with Gasteiger partial charge in [-0.05, 0) is 36.6 Å². The van der Waals surface area contributed by atoms with Gasteiger partial charge in [-0.1, -0.05) is 15.9 Å². The van der Waals surface area contributed by atoms with Crippen LogP contribution in [0.15, 0.2) is 34.9 Å². The molecule has 19 heavy (non-hydrogen) atoms. The Morgan fingerprint density at radius 2 is 2.32 bits per heavy atom. The average Bonchev–Trinajstić information content (AvgIpc) is 3.03. The van der Waals surface area contributed by atoms with Crippen LogP contribution in [-0.2, 0) is 11.3 Å². The normalized spacial score (nSPS) is 19.3. The number of halogens is 1. The van der Waals surface area contributed by atoms with Gasteiger partial charge in [0.2, 0.25) is 0 Å². The van der Waals surface area contributed by atoms with Crippen molar-refractivity contribution in [2.24, 2.45) is 5.92 Å². The van der Waals surface area contributed by atoms with E-state index in [0.29, 0.717) is 5.92 Å². The van der Waals surface area contributed by atoms with Crippen molar-refractivity contribution >= 4 is 26.8 Å². The van der Waals surface area contributed by atoms with Crippen LogP contribution < -0.4 is 5.32 Å². The molecule has 0 bridgehead atoms. The second kappa shape index (κ2) is 6.07. The monoisotopic (exact) mass is 322 g/mol. The summed E-state index contributed by atoms with van der Waals surface area (Å²) in [5, 5.41) is 4.82. The van der Waals surface area contributed by atoms with Crippen molar-refractivity contribution in [1.29, 1.82) is 0 Å². The summed E-state index contributed by atoms with van der Waals surface area (Å²) < 4.78 is 8.82. The first kappa shape index (κ1) is 13.2. The van der Waals surface area contributed by atoms with Gasteiger partial charge in [-0.3, -0.25) is 0 Å². The first-order valence-corrected chi connectivity index (χ1v) is 7.65. The van der Waals surface area contributed by atoms with Crippen LogP contribution in [0.1, 0.15) is 6.42 Å². The maximum atomic E-state index is 5.38. The van der Waals surface area contributed by atoms with Gasteiger partial charge in [0.05, 0.1) is 6.61 Å². The van der Waals surface area contributed by atoms with Crippen LogP contribution in [0.2, 0.25) is 0 Å². The highest BCUT2D eigenvalue weighted by Gasteiger charge is 2.14. The molecule has 1 saturated heterocycles. The standard InChI is InChI=1S/C15H19BrN2O/c16-14-1-2-15-13(9-14)3-6-18(15)7-5-17-10-12-4-8-19-11-12/h1-3,6,9,12,17H,4-5,7-8,10-11H2. The molecule has 1 aliphatic rings. The number of rotatable bonds is 5. The fourth-order valence-electron chi connectivity index (χ4n) is 2.62. The van der Waals surface area contributed by atoms with Crippen LogP contribution in [0, 0.1) is 5.92 Å². The Balaban J connectivity index is 1.53. The Bertz CT molecular complexity index is 546. The third-order valence-corrected chi connectivity index (χ3v) is 4.21. The van der Waals surface area contributed by atoms with Gasteiger partial charge >= 0.3 is 0 Å². The van der Waals surface area contributed by atoms with Gasteiger partial charge < -0.3 is 14.6 Å². The second-order valence-electron chi connectivity index (χ2n) is 5.15. The van der Waals surface area contributed by atoms with Crippen LogP contribution in [0.25, 0.3) is 10.9 Å². The molecule has 3 rings (SSSR count). The van der Waals surface area contributed by atoms with Crippen molar-refractivity contribution in [3.8, 4) is 0 Å². The van der Waals surface area contributed by atoms with E-state index in [2.05, 4.69) is 56.3 Å². The molecule has 2 aromatic rings. The molecule has 1 N–H and O–H groups in total. The van der Waals surface area contributed by atoms with Crippen LogP contribution >= 0.6 is 15.9 Å². The minimum Gasteiger partial charge on any atom is -0.381 e. The summed E-state index contributed by atoms with van der Waals surface area (Å²) in [6.07, 6.45) is 3.37. The fourth-order valence-corrected chi connectivity index (χ4v) is 2.99. The highest BCUT2D eigenvalue weighted by Crippen LogP contribution is 2.20. The number of benzene rings is 1. The summed E-state index contributed by atoms with van der Waals surface area (Å²) in [4.78, 5) is 0. The molecule has 102 valence electrons. The van der Waals surface area contributed by atoms with Gasteiger partial charge in [0, 0.05) is 47.8 Å². The van der Waals surface area contributed by atoms with Crippen molar-refractivity contribution in [1.82, 2.24) is 9.88 Å². The molecule has 2 heterocycles. The van der Waals surface area contributed by atoms with E-state index in [0.717, 1.165) is 37.3 Å². The van der Waals surface area contributed by atoms with Crippen LogP contribution in [0.5, 0.6) is 0 Å². The predicted molar refractivity (Wildman–Crippen MR) is 81.4 cm³/mol. The molecule has 0 radical (unpaired) electrons. The maximum Gasteiger partial charge on any atom is 0.0507 e. The lowest BCUT2D eigenvalue weighted by molar-refractivity contribution is 0.185. The van der Waals surface area contributed by atoms with E-state index in [4.69, 9.17) is 4.74 Å². The topological polar surface area (TPSA) is 26.2 Å². The Kier molecular flexibility index (Phi) is 4.21.